The average Bonchev–Trinajstić information content (AvgIpc) is 3.61. The van der Waals surface area contributed by atoms with Crippen LogP contribution in [0.2, 0.25) is 0 Å². The van der Waals surface area contributed by atoms with Gasteiger partial charge in [-0.2, -0.15) is 4.68 Å². The van der Waals surface area contributed by atoms with Gasteiger partial charge in [0.1, 0.15) is 5.82 Å². The van der Waals surface area contributed by atoms with Gasteiger partial charge in [-0.15, -0.1) is 5.10 Å². The van der Waals surface area contributed by atoms with Gasteiger partial charge < -0.3 is 4.90 Å². The fourth-order valence-corrected chi connectivity index (χ4v) is 4.65. The summed E-state index contributed by atoms with van der Waals surface area (Å²) < 4.78 is 3.62. The normalized spacial score (nSPS) is 11.2. The van der Waals surface area contributed by atoms with E-state index >= 15 is 0 Å². The largest absolute Gasteiger partial charge is 0.346 e. The molecule has 6 aromatic rings. The summed E-state index contributed by atoms with van der Waals surface area (Å²) >= 11 is 0. The van der Waals surface area contributed by atoms with E-state index in [1.807, 2.05) is 29.8 Å². The average molecular weight is 501 g/mol. The Morgan fingerprint density at radius 1 is 0.684 bits per heavy atom. The molecule has 0 aliphatic heterocycles. The van der Waals surface area contributed by atoms with Gasteiger partial charge in [-0.05, 0) is 23.1 Å². The molecule has 0 saturated carbocycles. The molecular weight excluding hydrogens is 472 g/mol. The SMILES string of the molecule is Cn1c(-n2ccnn2)nc2c(N(Cc3ccccc3)Cc3ccccc3)nc(CCc3ccccc3)nc21. The van der Waals surface area contributed by atoms with Gasteiger partial charge in [0, 0.05) is 26.6 Å². The second-order valence-corrected chi connectivity index (χ2v) is 9.27. The predicted molar refractivity (Wildman–Crippen MR) is 148 cm³/mol. The number of benzene rings is 3. The zero-order valence-corrected chi connectivity index (χ0v) is 21.2. The number of hydrogen-bond acceptors (Lipinski definition) is 6. The third-order valence-corrected chi connectivity index (χ3v) is 6.56. The quantitative estimate of drug-likeness (QED) is 0.280. The van der Waals surface area contributed by atoms with Gasteiger partial charge >= 0.3 is 0 Å². The van der Waals surface area contributed by atoms with Crippen LogP contribution in [0.5, 0.6) is 0 Å². The number of imidazole rings is 1. The number of rotatable bonds is 9. The highest BCUT2D eigenvalue weighted by Crippen LogP contribution is 2.28. The summed E-state index contributed by atoms with van der Waals surface area (Å²) in [5, 5.41) is 8.15. The first kappa shape index (κ1) is 23.5. The summed E-state index contributed by atoms with van der Waals surface area (Å²) in [5.74, 6) is 2.25. The molecule has 0 N–H and O–H groups in total. The van der Waals surface area contributed by atoms with Gasteiger partial charge in [0.25, 0.3) is 0 Å². The van der Waals surface area contributed by atoms with Crippen LogP contribution in [-0.4, -0.2) is 34.5 Å². The van der Waals surface area contributed by atoms with E-state index in [-0.39, 0.29) is 0 Å². The summed E-state index contributed by atoms with van der Waals surface area (Å²) in [4.78, 5) is 17.4. The first-order chi connectivity index (χ1) is 18.7. The van der Waals surface area contributed by atoms with Crippen LogP contribution in [0.25, 0.3) is 17.1 Å². The number of anilines is 1. The lowest BCUT2D eigenvalue weighted by atomic mass is 10.1. The van der Waals surface area contributed by atoms with Crippen LogP contribution in [0.15, 0.2) is 103 Å². The van der Waals surface area contributed by atoms with Crippen molar-refractivity contribution >= 4 is 17.0 Å². The summed E-state index contributed by atoms with van der Waals surface area (Å²) in [5.41, 5.74) is 5.18. The maximum atomic E-state index is 5.14. The predicted octanol–water partition coefficient (Wildman–Crippen LogP) is 4.94. The minimum atomic E-state index is 0.646. The number of hydrogen-bond donors (Lipinski definition) is 0. The third-order valence-electron chi connectivity index (χ3n) is 6.56. The van der Waals surface area contributed by atoms with Crippen molar-refractivity contribution in [1.82, 2.24) is 34.5 Å². The molecule has 0 bridgehead atoms. The van der Waals surface area contributed by atoms with Gasteiger partial charge in [-0.25, -0.2) is 15.0 Å². The van der Waals surface area contributed by atoms with E-state index in [2.05, 4.69) is 88.0 Å². The maximum Gasteiger partial charge on any atom is 0.234 e. The molecule has 0 spiro atoms. The topological polar surface area (TPSA) is 77.5 Å². The van der Waals surface area contributed by atoms with Crippen molar-refractivity contribution < 1.29 is 0 Å². The first-order valence-electron chi connectivity index (χ1n) is 12.7. The highest BCUT2D eigenvalue weighted by atomic mass is 15.5. The van der Waals surface area contributed by atoms with Crippen LogP contribution < -0.4 is 4.90 Å². The fraction of sp³-hybridized carbons (Fsp3) is 0.167. The Balaban J connectivity index is 1.47. The van der Waals surface area contributed by atoms with E-state index in [4.69, 9.17) is 15.0 Å². The standard InChI is InChI=1S/C30H28N8/c1-36-28-27(34-30(36)38-20-19-31-35-38)29(33-26(32-28)18-17-23-11-5-2-6-12-23)37(21-24-13-7-3-8-14-24)22-25-15-9-4-10-16-25/h2-16,19-20H,17-18,21-22H2,1H3. The van der Waals surface area contributed by atoms with Gasteiger partial charge in [-0.1, -0.05) is 96.2 Å². The van der Waals surface area contributed by atoms with Gasteiger partial charge in [-0.3, -0.25) is 4.57 Å². The smallest absolute Gasteiger partial charge is 0.234 e. The molecule has 0 unspecified atom stereocenters. The lowest BCUT2D eigenvalue weighted by molar-refractivity contribution is 0.720. The molecule has 0 radical (unpaired) electrons. The summed E-state index contributed by atoms with van der Waals surface area (Å²) in [6.45, 7) is 1.38. The second-order valence-electron chi connectivity index (χ2n) is 9.27. The number of nitrogens with zero attached hydrogens (tertiary/aromatic N) is 8. The molecule has 8 nitrogen and oxygen atoms in total. The van der Waals surface area contributed by atoms with Gasteiger partial charge in [0.15, 0.2) is 17.0 Å². The number of fused-ring (bicyclic) bond motifs is 1. The minimum Gasteiger partial charge on any atom is -0.346 e. The molecule has 3 aromatic heterocycles. The van der Waals surface area contributed by atoms with Crippen LogP contribution in [0.3, 0.4) is 0 Å². The molecule has 0 atom stereocenters. The van der Waals surface area contributed by atoms with Crippen LogP contribution in [0.4, 0.5) is 5.82 Å². The van der Waals surface area contributed by atoms with Crippen molar-refractivity contribution in [3.05, 3.63) is 126 Å². The fourth-order valence-electron chi connectivity index (χ4n) is 4.65. The highest BCUT2D eigenvalue weighted by molar-refractivity contribution is 5.85. The Morgan fingerprint density at radius 2 is 1.29 bits per heavy atom. The first-order valence-corrected chi connectivity index (χ1v) is 12.7. The molecule has 188 valence electrons. The third kappa shape index (κ3) is 5.01. The van der Waals surface area contributed by atoms with Gasteiger partial charge in [0.2, 0.25) is 5.95 Å². The van der Waals surface area contributed by atoms with E-state index in [1.54, 1.807) is 17.1 Å². The van der Waals surface area contributed by atoms with Crippen molar-refractivity contribution in [3.63, 3.8) is 0 Å². The Kier molecular flexibility index (Phi) is 6.59. The molecule has 38 heavy (non-hydrogen) atoms. The molecule has 6 rings (SSSR count). The summed E-state index contributed by atoms with van der Waals surface area (Å²) in [7, 11) is 1.96. The van der Waals surface area contributed by atoms with Crippen LogP contribution >= 0.6 is 0 Å². The monoisotopic (exact) mass is 500 g/mol. The van der Waals surface area contributed by atoms with E-state index in [0.717, 1.165) is 35.6 Å². The Morgan fingerprint density at radius 3 is 1.87 bits per heavy atom. The lowest BCUT2D eigenvalue weighted by Gasteiger charge is -2.25. The Labute approximate surface area is 221 Å². The van der Waals surface area contributed by atoms with Gasteiger partial charge in [0.05, 0.1) is 12.4 Å². The van der Waals surface area contributed by atoms with Crippen molar-refractivity contribution in [1.29, 1.82) is 0 Å². The van der Waals surface area contributed by atoms with E-state index in [0.29, 0.717) is 19.0 Å². The molecule has 0 aliphatic carbocycles. The van der Waals surface area contributed by atoms with Crippen molar-refractivity contribution in [2.75, 3.05) is 4.90 Å². The van der Waals surface area contributed by atoms with Crippen molar-refractivity contribution in [2.24, 2.45) is 7.05 Å². The number of aryl methyl sites for hydroxylation is 3. The van der Waals surface area contributed by atoms with Crippen molar-refractivity contribution in [2.45, 2.75) is 25.9 Å². The zero-order valence-electron chi connectivity index (χ0n) is 21.2. The highest BCUT2D eigenvalue weighted by Gasteiger charge is 2.22. The molecule has 0 saturated heterocycles. The van der Waals surface area contributed by atoms with Crippen molar-refractivity contribution in [3.8, 4) is 5.95 Å². The molecule has 0 aliphatic rings. The molecule has 0 fully saturated rings. The molecule has 3 aromatic carbocycles. The minimum absolute atomic E-state index is 0.646. The molecule has 0 amide bonds. The summed E-state index contributed by atoms with van der Waals surface area (Å²) in [6.07, 6.45) is 5.02. The summed E-state index contributed by atoms with van der Waals surface area (Å²) in [6, 6.07) is 31.4. The number of aromatic nitrogens is 7. The zero-order chi connectivity index (χ0) is 25.7. The lowest BCUT2D eigenvalue weighted by Crippen LogP contribution is -2.24. The van der Waals surface area contributed by atoms with E-state index in [1.165, 1.54) is 16.7 Å². The van der Waals surface area contributed by atoms with Crippen LogP contribution in [0, 0.1) is 0 Å². The maximum absolute atomic E-state index is 5.14. The van der Waals surface area contributed by atoms with Crippen LogP contribution in [-0.2, 0) is 33.0 Å². The van der Waals surface area contributed by atoms with E-state index < -0.39 is 0 Å². The Bertz CT molecular complexity index is 1570. The molecular formula is C30H28N8. The molecule has 8 heteroatoms. The molecule has 3 heterocycles. The second kappa shape index (κ2) is 10.6. The van der Waals surface area contributed by atoms with E-state index in [9.17, 15) is 0 Å². The van der Waals surface area contributed by atoms with Crippen LogP contribution in [0.1, 0.15) is 22.5 Å². The Hall–Kier alpha value is -4.85.